The molecule has 82 valence electrons. The molecule has 0 aromatic heterocycles. The van der Waals surface area contributed by atoms with Crippen LogP contribution in [0.5, 0.6) is 0 Å². The van der Waals surface area contributed by atoms with Crippen molar-refractivity contribution >= 4 is 37.6 Å². The van der Waals surface area contributed by atoms with Crippen molar-refractivity contribution in [2.45, 2.75) is 12.6 Å². The lowest BCUT2D eigenvalue weighted by molar-refractivity contribution is -0.170. The van der Waals surface area contributed by atoms with Crippen LogP contribution in [0, 0.1) is 0 Å². The average molecular weight is 346 g/mol. The third-order valence-electron chi connectivity index (χ3n) is 1.72. The largest absolute Gasteiger partial charge is 0.450 e. The highest BCUT2D eigenvalue weighted by atomic mass is 79.9. The van der Waals surface area contributed by atoms with Gasteiger partial charge in [-0.05, 0) is 17.7 Å². The molecule has 1 aromatic carbocycles. The summed E-state index contributed by atoms with van der Waals surface area (Å²) >= 11 is 6.19. The number of hydrogen-bond donors (Lipinski definition) is 0. The Balaban J connectivity index is 2.95. The summed E-state index contributed by atoms with van der Waals surface area (Å²) < 4.78 is 37.0. The van der Waals surface area contributed by atoms with Gasteiger partial charge in [-0.15, -0.1) is 0 Å². The number of carbonyl (C=O) groups is 1. The molecule has 0 saturated heterocycles. The lowest BCUT2D eigenvalue weighted by Crippen LogP contribution is -2.24. The fourth-order valence-electron chi connectivity index (χ4n) is 0.962. The Morgan fingerprint density at radius 3 is 2.07 bits per heavy atom. The van der Waals surface area contributed by atoms with E-state index in [9.17, 15) is 18.0 Å². The van der Waals surface area contributed by atoms with E-state index < -0.39 is 18.4 Å². The van der Waals surface area contributed by atoms with E-state index >= 15 is 0 Å². The van der Waals surface area contributed by atoms with Crippen molar-refractivity contribution in [2.24, 2.45) is 0 Å². The molecule has 0 unspecified atom stereocenters. The van der Waals surface area contributed by atoms with Crippen molar-refractivity contribution in [3.05, 3.63) is 32.7 Å². The lowest BCUT2D eigenvalue weighted by Gasteiger charge is -2.08. The molecule has 0 aliphatic rings. The van der Waals surface area contributed by atoms with Gasteiger partial charge in [0.05, 0.1) is 0 Å². The lowest BCUT2D eigenvalue weighted by atomic mass is 10.1. The van der Waals surface area contributed by atoms with E-state index in [4.69, 9.17) is 0 Å². The van der Waals surface area contributed by atoms with E-state index in [0.717, 1.165) is 0 Å². The number of carbonyl (C=O) groups excluding carboxylic acids is 1. The molecule has 15 heavy (non-hydrogen) atoms. The molecule has 0 aliphatic heterocycles. The van der Waals surface area contributed by atoms with Gasteiger partial charge in [-0.25, -0.2) is 0 Å². The van der Waals surface area contributed by atoms with Crippen LogP contribution in [0.3, 0.4) is 0 Å². The van der Waals surface area contributed by atoms with Crippen LogP contribution in [-0.4, -0.2) is 12.0 Å². The van der Waals surface area contributed by atoms with Crippen molar-refractivity contribution in [1.82, 2.24) is 0 Å². The molecule has 1 nitrogen and oxygen atoms in total. The molecule has 0 radical (unpaired) electrons. The molecule has 1 aromatic rings. The maximum atomic E-state index is 12.0. The molecule has 0 fully saturated rings. The monoisotopic (exact) mass is 344 g/mol. The molecule has 0 N–H and O–H groups in total. The molecular weight excluding hydrogens is 341 g/mol. The zero-order valence-electron chi connectivity index (χ0n) is 7.24. The summed E-state index contributed by atoms with van der Waals surface area (Å²) in [5, 5.41) is 0. The van der Waals surface area contributed by atoms with Crippen molar-refractivity contribution in [3.63, 3.8) is 0 Å². The van der Waals surface area contributed by atoms with Gasteiger partial charge < -0.3 is 0 Å². The Bertz CT molecular complexity index is 367. The van der Waals surface area contributed by atoms with E-state index in [1.54, 1.807) is 18.2 Å². The van der Waals surface area contributed by atoms with Crippen LogP contribution < -0.4 is 0 Å². The molecule has 1 rings (SSSR count). The average Bonchev–Trinajstić information content (AvgIpc) is 2.09. The summed E-state index contributed by atoms with van der Waals surface area (Å²) in [5.41, 5.74) is 0.305. The van der Waals surface area contributed by atoms with Crippen molar-refractivity contribution in [1.29, 1.82) is 0 Å². The maximum absolute atomic E-state index is 12.0. The summed E-state index contributed by atoms with van der Waals surface area (Å²) in [7, 11) is 0. The summed E-state index contributed by atoms with van der Waals surface area (Å²) in [4.78, 5) is 10.8. The molecule has 6 heteroatoms. The van der Waals surface area contributed by atoms with E-state index in [-0.39, 0.29) is 0 Å². The topological polar surface area (TPSA) is 17.1 Å². The molecular formula is C9H5Br2F3O. The number of halogens is 5. The highest BCUT2D eigenvalue weighted by Crippen LogP contribution is 2.28. The predicted molar refractivity (Wildman–Crippen MR) is 56.6 cm³/mol. The Morgan fingerprint density at radius 1 is 1.20 bits per heavy atom. The van der Waals surface area contributed by atoms with E-state index in [2.05, 4.69) is 31.9 Å². The van der Waals surface area contributed by atoms with Gasteiger partial charge in [0.2, 0.25) is 5.78 Å². The zero-order chi connectivity index (χ0) is 11.6. The van der Waals surface area contributed by atoms with Crippen LogP contribution in [0.15, 0.2) is 27.1 Å². The standard InChI is InChI=1S/C9H5Br2F3O/c10-6-2-1-3-7(11)5(6)4-8(15)9(12,13)14/h1-3H,4H2. The van der Waals surface area contributed by atoms with Crippen LogP contribution in [0.4, 0.5) is 13.2 Å². The first-order chi connectivity index (χ1) is 6.82. The summed E-state index contributed by atoms with van der Waals surface area (Å²) in [6.07, 6.45) is -5.44. The maximum Gasteiger partial charge on any atom is 0.450 e. The van der Waals surface area contributed by atoms with Crippen LogP contribution in [0.25, 0.3) is 0 Å². The van der Waals surface area contributed by atoms with Gasteiger partial charge in [0.1, 0.15) is 0 Å². The van der Waals surface area contributed by atoms with Crippen LogP contribution in [0.1, 0.15) is 5.56 Å². The summed E-state index contributed by atoms with van der Waals surface area (Å²) in [6, 6.07) is 4.84. The van der Waals surface area contributed by atoms with Gasteiger partial charge in [-0.3, -0.25) is 4.79 Å². The fraction of sp³-hybridized carbons (Fsp3) is 0.222. The SMILES string of the molecule is O=C(Cc1c(Br)cccc1Br)C(F)(F)F. The minimum absolute atomic E-state index is 0.305. The molecule has 0 saturated carbocycles. The third kappa shape index (κ3) is 3.31. The molecule has 0 spiro atoms. The number of hydrogen-bond acceptors (Lipinski definition) is 1. The third-order valence-corrected chi connectivity index (χ3v) is 3.20. The quantitative estimate of drug-likeness (QED) is 0.794. The first kappa shape index (κ1) is 12.7. The normalized spacial score (nSPS) is 11.5. The van der Waals surface area contributed by atoms with Gasteiger partial charge in [0, 0.05) is 15.4 Å². The smallest absolute Gasteiger partial charge is 0.289 e. The summed E-state index contributed by atoms with van der Waals surface area (Å²) in [5.74, 6) is -1.75. The predicted octanol–water partition coefficient (Wildman–Crippen LogP) is 3.89. The van der Waals surface area contributed by atoms with Gasteiger partial charge >= 0.3 is 6.18 Å². The number of alkyl halides is 3. The molecule has 0 atom stereocenters. The van der Waals surface area contributed by atoms with E-state index in [1.807, 2.05) is 0 Å². The van der Waals surface area contributed by atoms with Gasteiger partial charge in [-0.1, -0.05) is 37.9 Å². The number of benzene rings is 1. The Labute approximate surface area is 101 Å². The Kier molecular flexibility index (Phi) is 3.94. The highest BCUT2D eigenvalue weighted by Gasteiger charge is 2.38. The van der Waals surface area contributed by atoms with Gasteiger partial charge in [0.25, 0.3) is 0 Å². The van der Waals surface area contributed by atoms with Crippen LogP contribution in [-0.2, 0) is 11.2 Å². The van der Waals surface area contributed by atoms with Crippen molar-refractivity contribution in [3.8, 4) is 0 Å². The minimum atomic E-state index is -4.78. The molecule has 0 aliphatic carbocycles. The molecule has 0 heterocycles. The molecule has 0 amide bonds. The number of Topliss-reactive ketones (excluding diaryl/α,β-unsaturated/α-hetero) is 1. The Morgan fingerprint density at radius 2 is 1.67 bits per heavy atom. The first-order valence-corrected chi connectivity index (χ1v) is 5.44. The summed E-state index contributed by atoms with van der Waals surface area (Å²) in [6.45, 7) is 0. The van der Waals surface area contributed by atoms with Crippen LogP contribution in [0.2, 0.25) is 0 Å². The van der Waals surface area contributed by atoms with Crippen molar-refractivity contribution in [2.75, 3.05) is 0 Å². The first-order valence-electron chi connectivity index (χ1n) is 3.85. The van der Waals surface area contributed by atoms with E-state index in [0.29, 0.717) is 14.5 Å². The van der Waals surface area contributed by atoms with E-state index in [1.165, 1.54) is 0 Å². The minimum Gasteiger partial charge on any atom is -0.289 e. The Hall–Kier alpha value is -0.360. The second-order valence-corrected chi connectivity index (χ2v) is 4.51. The number of ketones is 1. The highest BCUT2D eigenvalue weighted by molar-refractivity contribution is 9.11. The van der Waals surface area contributed by atoms with Gasteiger partial charge in [-0.2, -0.15) is 13.2 Å². The zero-order valence-corrected chi connectivity index (χ0v) is 10.4. The number of rotatable bonds is 2. The molecule has 0 bridgehead atoms. The van der Waals surface area contributed by atoms with Crippen molar-refractivity contribution < 1.29 is 18.0 Å². The van der Waals surface area contributed by atoms with Crippen LogP contribution >= 0.6 is 31.9 Å². The second kappa shape index (κ2) is 4.65. The van der Waals surface area contributed by atoms with Gasteiger partial charge in [0.15, 0.2) is 0 Å². The second-order valence-electron chi connectivity index (χ2n) is 2.80. The fourth-order valence-corrected chi connectivity index (χ4v) is 2.24.